The first-order chi connectivity index (χ1) is 5.97. The number of rotatable bonds is 0. The van der Waals surface area contributed by atoms with Crippen LogP contribution in [0.2, 0.25) is 0 Å². The van der Waals surface area contributed by atoms with Gasteiger partial charge in [0.2, 0.25) is 0 Å². The molecule has 0 radical (unpaired) electrons. The van der Waals surface area contributed by atoms with Gasteiger partial charge in [0.05, 0.1) is 6.67 Å². The number of hydrogen-bond acceptors (Lipinski definition) is 3. The summed E-state index contributed by atoms with van der Waals surface area (Å²) in [6.07, 6.45) is 10.3. The quantitative estimate of drug-likeness (QED) is 0.559. The molecule has 2 heterocycles. The van der Waals surface area contributed by atoms with Crippen LogP contribution >= 0.6 is 0 Å². The van der Waals surface area contributed by atoms with Gasteiger partial charge in [-0.15, -0.1) is 0 Å². The van der Waals surface area contributed by atoms with E-state index >= 15 is 0 Å². The van der Waals surface area contributed by atoms with E-state index in [1.165, 1.54) is 25.1 Å². The van der Waals surface area contributed by atoms with E-state index in [-0.39, 0.29) is 0 Å². The highest BCUT2D eigenvalue weighted by molar-refractivity contribution is 5.12. The molecular formula is C9H15N3. The monoisotopic (exact) mass is 165 g/mol. The summed E-state index contributed by atoms with van der Waals surface area (Å²) in [4.78, 5) is 2.33. The number of nitrogens with one attached hydrogen (secondary N) is 2. The largest absolute Gasteiger partial charge is 0.343 e. The van der Waals surface area contributed by atoms with E-state index in [9.17, 15) is 0 Å². The summed E-state index contributed by atoms with van der Waals surface area (Å²) in [6, 6.07) is 0. The molecule has 66 valence electrons. The van der Waals surface area contributed by atoms with Gasteiger partial charge in [-0.1, -0.05) is 12.2 Å². The van der Waals surface area contributed by atoms with Gasteiger partial charge in [-0.05, 0) is 25.3 Å². The van der Waals surface area contributed by atoms with Crippen LogP contribution in [-0.2, 0) is 0 Å². The Balaban J connectivity index is 2.08. The first-order valence-corrected chi connectivity index (χ1v) is 4.57. The maximum atomic E-state index is 3.14. The molecule has 0 bridgehead atoms. The highest BCUT2D eigenvalue weighted by Crippen LogP contribution is 2.09. The van der Waals surface area contributed by atoms with Crippen molar-refractivity contribution in [2.45, 2.75) is 19.3 Å². The first kappa shape index (κ1) is 7.68. The molecule has 3 heteroatoms. The molecular weight excluding hydrogens is 150 g/mol. The summed E-state index contributed by atoms with van der Waals surface area (Å²) in [6.45, 7) is 2.09. The summed E-state index contributed by atoms with van der Waals surface area (Å²) in [5.74, 6) is 1.20. The van der Waals surface area contributed by atoms with Crippen LogP contribution in [0.4, 0.5) is 0 Å². The predicted octanol–water partition coefficient (Wildman–Crippen LogP) is 0.935. The highest BCUT2D eigenvalue weighted by atomic mass is 15.6. The van der Waals surface area contributed by atoms with Gasteiger partial charge in [0, 0.05) is 6.54 Å². The Bertz CT molecular complexity index is 208. The Hall–Kier alpha value is -0.960. The average molecular weight is 165 g/mol. The molecule has 0 aromatic heterocycles. The van der Waals surface area contributed by atoms with Crippen LogP contribution in [0.3, 0.4) is 0 Å². The molecule has 1 fully saturated rings. The van der Waals surface area contributed by atoms with E-state index in [2.05, 4.69) is 34.0 Å². The molecule has 1 saturated heterocycles. The molecule has 0 amide bonds. The molecule has 0 aliphatic carbocycles. The van der Waals surface area contributed by atoms with Crippen molar-refractivity contribution < 1.29 is 0 Å². The van der Waals surface area contributed by atoms with Gasteiger partial charge in [0.1, 0.15) is 5.82 Å². The summed E-state index contributed by atoms with van der Waals surface area (Å²) in [5.41, 5.74) is 6.25. The zero-order chi connectivity index (χ0) is 8.23. The van der Waals surface area contributed by atoms with E-state index in [0.29, 0.717) is 0 Å². The molecule has 0 spiro atoms. The number of hydrazine groups is 1. The van der Waals surface area contributed by atoms with Crippen molar-refractivity contribution in [2.24, 2.45) is 0 Å². The van der Waals surface area contributed by atoms with Crippen LogP contribution in [0, 0.1) is 0 Å². The molecule has 0 saturated carbocycles. The minimum absolute atomic E-state index is 0.930. The van der Waals surface area contributed by atoms with Gasteiger partial charge < -0.3 is 10.3 Å². The number of nitrogens with zero attached hydrogens (tertiary/aromatic N) is 1. The molecule has 2 aliphatic rings. The van der Waals surface area contributed by atoms with E-state index in [1.807, 2.05) is 0 Å². The second kappa shape index (κ2) is 3.63. The Kier molecular flexibility index (Phi) is 2.32. The van der Waals surface area contributed by atoms with Crippen LogP contribution in [0.25, 0.3) is 0 Å². The Labute approximate surface area is 73.1 Å². The molecule has 12 heavy (non-hydrogen) atoms. The van der Waals surface area contributed by atoms with Crippen molar-refractivity contribution in [3.8, 4) is 0 Å². The van der Waals surface area contributed by atoms with Gasteiger partial charge in [0.25, 0.3) is 0 Å². The number of allylic oxidation sites excluding steroid dienone is 3. The standard InChI is InChI=1S/C9H15N3/c1-2-4-6-9-11-10-8-12(9)7-5-3-1/h2,4,6,10-11H,1,3,5,7-8H2. The lowest BCUT2D eigenvalue weighted by atomic mass is 10.2. The topological polar surface area (TPSA) is 27.3 Å². The Morgan fingerprint density at radius 3 is 3.33 bits per heavy atom. The Morgan fingerprint density at radius 2 is 2.33 bits per heavy atom. The lowest BCUT2D eigenvalue weighted by molar-refractivity contribution is 0.372. The lowest BCUT2D eigenvalue weighted by Crippen LogP contribution is -2.22. The van der Waals surface area contributed by atoms with E-state index in [0.717, 1.165) is 13.2 Å². The van der Waals surface area contributed by atoms with Crippen LogP contribution in [0.15, 0.2) is 24.0 Å². The molecule has 2 N–H and O–H groups in total. The van der Waals surface area contributed by atoms with Crippen molar-refractivity contribution in [3.63, 3.8) is 0 Å². The van der Waals surface area contributed by atoms with Gasteiger partial charge in [-0.25, -0.2) is 5.43 Å². The van der Waals surface area contributed by atoms with Gasteiger partial charge in [-0.2, -0.15) is 0 Å². The normalized spacial score (nSPS) is 23.3. The van der Waals surface area contributed by atoms with Gasteiger partial charge in [-0.3, -0.25) is 0 Å². The molecule has 0 unspecified atom stereocenters. The van der Waals surface area contributed by atoms with Gasteiger partial charge >= 0.3 is 0 Å². The lowest BCUT2D eigenvalue weighted by Gasteiger charge is -2.15. The summed E-state index contributed by atoms with van der Waals surface area (Å²) in [7, 11) is 0. The minimum atomic E-state index is 0.930. The second-order valence-electron chi connectivity index (χ2n) is 3.20. The summed E-state index contributed by atoms with van der Waals surface area (Å²) in [5, 5.41) is 0. The van der Waals surface area contributed by atoms with Crippen molar-refractivity contribution in [2.75, 3.05) is 13.2 Å². The zero-order valence-electron chi connectivity index (χ0n) is 7.21. The van der Waals surface area contributed by atoms with Gasteiger partial charge in [0.15, 0.2) is 0 Å². The third kappa shape index (κ3) is 1.61. The van der Waals surface area contributed by atoms with E-state index in [1.54, 1.807) is 0 Å². The fraction of sp³-hybridized carbons (Fsp3) is 0.556. The third-order valence-electron chi connectivity index (χ3n) is 2.27. The molecule has 2 aliphatic heterocycles. The summed E-state index contributed by atoms with van der Waals surface area (Å²) < 4.78 is 0. The van der Waals surface area contributed by atoms with Crippen molar-refractivity contribution >= 4 is 0 Å². The van der Waals surface area contributed by atoms with E-state index < -0.39 is 0 Å². The molecule has 0 aromatic carbocycles. The molecule has 0 atom stereocenters. The van der Waals surface area contributed by atoms with Crippen molar-refractivity contribution in [1.82, 2.24) is 15.8 Å². The van der Waals surface area contributed by atoms with Crippen LogP contribution in [-0.4, -0.2) is 18.1 Å². The number of fused-ring (bicyclic) bond motifs is 1. The molecule has 3 nitrogen and oxygen atoms in total. The minimum Gasteiger partial charge on any atom is -0.343 e. The SMILES string of the molecule is C1=CCCCCN2CNNC2=C1. The van der Waals surface area contributed by atoms with Crippen molar-refractivity contribution in [1.29, 1.82) is 0 Å². The zero-order valence-corrected chi connectivity index (χ0v) is 7.21. The van der Waals surface area contributed by atoms with Crippen LogP contribution in [0.5, 0.6) is 0 Å². The summed E-state index contributed by atoms with van der Waals surface area (Å²) >= 11 is 0. The predicted molar refractivity (Wildman–Crippen MR) is 48.9 cm³/mol. The van der Waals surface area contributed by atoms with E-state index in [4.69, 9.17) is 0 Å². The fourth-order valence-electron chi connectivity index (χ4n) is 1.56. The number of hydrogen-bond donors (Lipinski definition) is 2. The smallest absolute Gasteiger partial charge is 0.117 e. The molecule has 2 rings (SSSR count). The second-order valence-corrected chi connectivity index (χ2v) is 3.20. The maximum Gasteiger partial charge on any atom is 0.117 e. The van der Waals surface area contributed by atoms with Crippen molar-refractivity contribution in [3.05, 3.63) is 24.0 Å². The third-order valence-corrected chi connectivity index (χ3v) is 2.27. The average Bonchev–Trinajstić information content (AvgIpc) is 2.50. The fourth-order valence-corrected chi connectivity index (χ4v) is 1.56. The Morgan fingerprint density at radius 1 is 1.33 bits per heavy atom. The highest BCUT2D eigenvalue weighted by Gasteiger charge is 2.14. The first-order valence-electron chi connectivity index (χ1n) is 4.57. The maximum absolute atomic E-state index is 3.14. The van der Waals surface area contributed by atoms with Crippen LogP contribution in [0.1, 0.15) is 19.3 Å². The molecule has 0 aromatic rings. The van der Waals surface area contributed by atoms with Crippen LogP contribution < -0.4 is 10.9 Å².